The van der Waals surface area contributed by atoms with Crippen LogP contribution in [0, 0.1) is 11.8 Å². The van der Waals surface area contributed by atoms with E-state index in [0.717, 1.165) is 31.9 Å². The van der Waals surface area contributed by atoms with Crippen LogP contribution >= 0.6 is 0 Å². The molecule has 3 heteroatoms. The van der Waals surface area contributed by atoms with Gasteiger partial charge in [-0.05, 0) is 57.4 Å². The second kappa shape index (κ2) is 4.69. The van der Waals surface area contributed by atoms with Crippen molar-refractivity contribution >= 4 is 5.78 Å². The fraction of sp³-hybridized carbons (Fsp3) is 0.929. The van der Waals surface area contributed by atoms with Crippen LogP contribution < -0.4 is 5.32 Å². The Kier molecular flexibility index (Phi) is 3.22. The van der Waals surface area contributed by atoms with E-state index in [4.69, 9.17) is 4.74 Å². The van der Waals surface area contributed by atoms with Gasteiger partial charge in [0.1, 0.15) is 5.78 Å². The van der Waals surface area contributed by atoms with Gasteiger partial charge in [-0.2, -0.15) is 0 Å². The Bertz CT molecular complexity index is 295. The highest BCUT2D eigenvalue weighted by Gasteiger charge is 2.44. The lowest BCUT2D eigenvalue weighted by Crippen LogP contribution is -2.48. The van der Waals surface area contributed by atoms with Crippen molar-refractivity contribution in [1.82, 2.24) is 5.32 Å². The Balaban J connectivity index is 1.43. The average Bonchev–Trinajstić information content (AvgIpc) is 3.11. The van der Waals surface area contributed by atoms with Gasteiger partial charge in [-0.25, -0.2) is 0 Å². The molecule has 1 atom stereocenters. The normalized spacial score (nSPS) is 31.2. The third kappa shape index (κ3) is 2.71. The van der Waals surface area contributed by atoms with Gasteiger partial charge in [-0.3, -0.25) is 4.79 Å². The average molecular weight is 237 g/mol. The lowest BCUT2D eigenvalue weighted by molar-refractivity contribution is -0.155. The van der Waals surface area contributed by atoms with Gasteiger partial charge in [-0.15, -0.1) is 0 Å². The molecule has 0 amide bonds. The third-order valence-corrected chi connectivity index (χ3v) is 4.64. The van der Waals surface area contributed by atoms with Crippen molar-refractivity contribution in [3.8, 4) is 0 Å². The molecule has 3 nitrogen and oxygen atoms in total. The van der Waals surface area contributed by atoms with Gasteiger partial charge in [0.15, 0.2) is 0 Å². The highest BCUT2D eigenvalue weighted by molar-refractivity contribution is 5.83. The van der Waals surface area contributed by atoms with Gasteiger partial charge in [0.25, 0.3) is 0 Å². The van der Waals surface area contributed by atoms with Gasteiger partial charge in [0, 0.05) is 12.5 Å². The minimum absolute atomic E-state index is 0.106. The van der Waals surface area contributed by atoms with Crippen LogP contribution in [0.3, 0.4) is 0 Å². The second-order valence-corrected chi connectivity index (χ2v) is 6.12. The number of carbonyl (C=O) groups is 1. The minimum Gasteiger partial charge on any atom is -0.375 e. The van der Waals surface area contributed by atoms with E-state index in [1.165, 1.54) is 32.1 Å². The number of hydrogen-bond acceptors (Lipinski definition) is 3. The molecule has 3 fully saturated rings. The van der Waals surface area contributed by atoms with E-state index in [9.17, 15) is 4.79 Å². The Labute approximate surface area is 103 Å². The summed E-state index contributed by atoms with van der Waals surface area (Å²) in [7, 11) is 0. The van der Waals surface area contributed by atoms with Crippen LogP contribution in [0.1, 0.15) is 44.9 Å². The number of nitrogens with one attached hydrogen (secondary N) is 1. The first kappa shape index (κ1) is 11.7. The summed E-state index contributed by atoms with van der Waals surface area (Å²) in [4.78, 5) is 12.1. The summed E-state index contributed by atoms with van der Waals surface area (Å²) in [6.07, 6.45) is 8.24. The smallest absolute Gasteiger partial charge is 0.149 e. The zero-order valence-corrected chi connectivity index (χ0v) is 10.5. The van der Waals surface area contributed by atoms with Crippen molar-refractivity contribution in [1.29, 1.82) is 0 Å². The highest BCUT2D eigenvalue weighted by atomic mass is 16.5. The summed E-state index contributed by atoms with van der Waals surface area (Å²) >= 11 is 0. The van der Waals surface area contributed by atoms with Gasteiger partial charge in [0.05, 0.1) is 12.1 Å². The summed E-state index contributed by atoms with van der Waals surface area (Å²) in [6.45, 7) is 2.41. The zero-order chi connectivity index (χ0) is 11.7. The van der Waals surface area contributed by atoms with Crippen molar-refractivity contribution in [3.05, 3.63) is 0 Å². The van der Waals surface area contributed by atoms with E-state index in [1.54, 1.807) is 0 Å². The largest absolute Gasteiger partial charge is 0.375 e. The molecule has 17 heavy (non-hydrogen) atoms. The summed E-state index contributed by atoms with van der Waals surface area (Å²) in [5.74, 6) is 1.53. The molecular weight excluding hydrogens is 214 g/mol. The van der Waals surface area contributed by atoms with Crippen molar-refractivity contribution in [3.63, 3.8) is 0 Å². The number of rotatable bonds is 5. The standard InChI is InChI=1S/C14H23NO2/c16-13(10-15-9-11-2-3-11)12-4-7-17-14(8-12)5-1-6-14/h11-12,15H,1-10H2. The third-order valence-electron chi connectivity index (χ3n) is 4.64. The maximum atomic E-state index is 12.1. The van der Waals surface area contributed by atoms with Gasteiger partial charge in [0.2, 0.25) is 0 Å². The van der Waals surface area contributed by atoms with Gasteiger partial charge >= 0.3 is 0 Å². The number of carbonyl (C=O) groups excluding carboxylic acids is 1. The lowest BCUT2D eigenvalue weighted by Gasteiger charge is -2.46. The molecule has 96 valence electrons. The van der Waals surface area contributed by atoms with Crippen molar-refractivity contribution in [2.45, 2.75) is 50.5 Å². The second-order valence-electron chi connectivity index (χ2n) is 6.12. The molecule has 1 aliphatic heterocycles. The van der Waals surface area contributed by atoms with Crippen molar-refractivity contribution in [2.75, 3.05) is 19.7 Å². The first-order valence-electron chi connectivity index (χ1n) is 7.15. The van der Waals surface area contributed by atoms with E-state index < -0.39 is 0 Å². The quantitative estimate of drug-likeness (QED) is 0.793. The Morgan fingerprint density at radius 2 is 2.12 bits per heavy atom. The predicted molar refractivity (Wildman–Crippen MR) is 65.9 cm³/mol. The summed E-state index contributed by atoms with van der Waals surface area (Å²) < 4.78 is 5.86. The van der Waals surface area contributed by atoms with E-state index in [0.29, 0.717) is 12.3 Å². The first-order chi connectivity index (χ1) is 8.27. The Hall–Kier alpha value is -0.410. The highest BCUT2D eigenvalue weighted by Crippen LogP contribution is 2.44. The Morgan fingerprint density at radius 3 is 2.76 bits per heavy atom. The van der Waals surface area contributed by atoms with Gasteiger partial charge in [-0.1, -0.05) is 0 Å². The first-order valence-corrected chi connectivity index (χ1v) is 7.15. The molecule has 2 aliphatic carbocycles. The van der Waals surface area contributed by atoms with E-state index in [-0.39, 0.29) is 11.5 Å². The minimum atomic E-state index is 0.106. The van der Waals surface area contributed by atoms with Crippen LogP contribution in [0.25, 0.3) is 0 Å². The summed E-state index contributed by atoms with van der Waals surface area (Å²) in [5, 5.41) is 3.32. The van der Waals surface area contributed by atoms with Crippen LogP contribution in [0.2, 0.25) is 0 Å². The monoisotopic (exact) mass is 237 g/mol. The van der Waals surface area contributed by atoms with Crippen LogP contribution in [0.5, 0.6) is 0 Å². The predicted octanol–water partition coefficient (Wildman–Crippen LogP) is 1.90. The topological polar surface area (TPSA) is 38.3 Å². The molecule has 0 radical (unpaired) electrons. The molecule has 0 aromatic carbocycles. The lowest BCUT2D eigenvalue weighted by atomic mass is 9.71. The molecule has 3 aliphatic rings. The summed E-state index contributed by atoms with van der Waals surface area (Å²) in [5.41, 5.74) is 0.106. The van der Waals surface area contributed by atoms with E-state index >= 15 is 0 Å². The van der Waals surface area contributed by atoms with Crippen LogP contribution in [-0.2, 0) is 9.53 Å². The molecule has 1 heterocycles. The van der Waals surface area contributed by atoms with Crippen molar-refractivity contribution < 1.29 is 9.53 Å². The molecule has 0 aromatic rings. The fourth-order valence-corrected chi connectivity index (χ4v) is 3.09. The number of ether oxygens (including phenoxy) is 1. The zero-order valence-electron chi connectivity index (χ0n) is 10.5. The van der Waals surface area contributed by atoms with Gasteiger partial charge < -0.3 is 10.1 Å². The molecule has 2 saturated carbocycles. The molecule has 1 saturated heterocycles. The number of ketones is 1. The Morgan fingerprint density at radius 1 is 1.29 bits per heavy atom. The fourth-order valence-electron chi connectivity index (χ4n) is 3.09. The van der Waals surface area contributed by atoms with E-state index in [2.05, 4.69) is 5.32 Å². The summed E-state index contributed by atoms with van der Waals surface area (Å²) in [6, 6.07) is 0. The maximum Gasteiger partial charge on any atom is 0.149 e. The van der Waals surface area contributed by atoms with E-state index in [1.807, 2.05) is 0 Å². The molecule has 1 unspecified atom stereocenters. The van der Waals surface area contributed by atoms with Crippen LogP contribution in [-0.4, -0.2) is 31.1 Å². The molecule has 1 spiro atoms. The maximum absolute atomic E-state index is 12.1. The molecule has 0 aromatic heterocycles. The van der Waals surface area contributed by atoms with Crippen LogP contribution in [0.15, 0.2) is 0 Å². The molecule has 0 bridgehead atoms. The molecule has 1 N–H and O–H groups in total. The van der Waals surface area contributed by atoms with Crippen molar-refractivity contribution in [2.24, 2.45) is 11.8 Å². The molecular formula is C14H23NO2. The molecule has 3 rings (SSSR count). The van der Waals surface area contributed by atoms with Crippen LogP contribution in [0.4, 0.5) is 0 Å². The SMILES string of the molecule is O=C(CNCC1CC1)C1CCOC2(CCC2)C1. The number of Topliss-reactive ketones (excluding diaryl/α,β-unsaturated/α-hetero) is 1. The number of hydrogen-bond donors (Lipinski definition) is 1.